The number of hydrogen-bond acceptors (Lipinski definition) is 8. The number of fused-ring (bicyclic) bond motifs is 1. The second kappa shape index (κ2) is 10.3. The molecule has 0 aromatic heterocycles. The first kappa shape index (κ1) is 26.0. The van der Waals surface area contributed by atoms with Gasteiger partial charge in [-0.05, 0) is 35.4 Å². The first-order valence-electron chi connectivity index (χ1n) is 12.3. The summed E-state index contributed by atoms with van der Waals surface area (Å²) in [6, 6.07) is 20.5. The Kier molecular flexibility index (Phi) is 6.85. The molecule has 3 aromatic carbocycles. The number of carboxylic acid groups (broad SMARTS) is 1. The third kappa shape index (κ3) is 4.62. The van der Waals surface area contributed by atoms with E-state index in [2.05, 4.69) is 5.32 Å². The molecule has 0 aliphatic carbocycles. The van der Waals surface area contributed by atoms with Crippen LogP contribution in [0.1, 0.15) is 17.2 Å². The fourth-order valence-corrected chi connectivity index (χ4v) is 5.53. The quantitative estimate of drug-likeness (QED) is 0.214. The van der Waals surface area contributed by atoms with Crippen molar-refractivity contribution >= 4 is 23.5 Å². The average Bonchev–Trinajstić information content (AvgIpc) is 3.40. The Balaban J connectivity index is 1.51. The lowest BCUT2D eigenvalue weighted by atomic mass is 9.76. The van der Waals surface area contributed by atoms with E-state index < -0.39 is 52.7 Å². The predicted octanol–water partition coefficient (Wildman–Crippen LogP) is 2.69. The van der Waals surface area contributed by atoms with Crippen LogP contribution in [0.25, 0.3) is 0 Å². The van der Waals surface area contributed by atoms with Crippen LogP contribution in [-0.4, -0.2) is 56.5 Å². The molecule has 11 nitrogen and oxygen atoms in total. The van der Waals surface area contributed by atoms with E-state index >= 15 is 0 Å². The van der Waals surface area contributed by atoms with Gasteiger partial charge in [0.05, 0.1) is 29.9 Å². The molecule has 2 saturated heterocycles. The van der Waals surface area contributed by atoms with Crippen molar-refractivity contribution in [3.05, 3.63) is 100 Å². The molecule has 3 aromatic rings. The molecule has 39 heavy (non-hydrogen) atoms. The Morgan fingerprint density at radius 2 is 1.62 bits per heavy atom. The van der Waals surface area contributed by atoms with Gasteiger partial charge in [0, 0.05) is 24.6 Å². The predicted molar refractivity (Wildman–Crippen MR) is 137 cm³/mol. The molecule has 2 fully saturated rings. The minimum atomic E-state index is -1.87. The fraction of sp³-hybridized carbons (Fsp3) is 0.250. The molecule has 2 aliphatic heterocycles. The van der Waals surface area contributed by atoms with Crippen molar-refractivity contribution in [2.75, 3.05) is 13.2 Å². The van der Waals surface area contributed by atoms with Gasteiger partial charge in [0.25, 0.3) is 5.69 Å². The summed E-state index contributed by atoms with van der Waals surface area (Å²) in [4.78, 5) is 51.2. The lowest BCUT2D eigenvalue weighted by Crippen LogP contribution is -2.57. The first-order valence-corrected chi connectivity index (χ1v) is 12.3. The number of ether oxygens (including phenoxy) is 1. The number of carboxylic acids is 1. The number of carbonyl (C=O) groups excluding carboxylic acids is 2. The van der Waals surface area contributed by atoms with E-state index in [-0.39, 0.29) is 18.7 Å². The maximum absolute atomic E-state index is 13.5. The summed E-state index contributed by atoms with van der Waals surface area (Å²) in [5, 5.41) is 34.1. The van der Waals surface area contributed by atoms with Crippen molar-refractivity contribution < 1.29 is 34.3 Å². The van der Waals surface area contributed by atoms with Gasteiger partial charge in [-0.25, -0.2) is 0 Å². The number of nitro groups is 1. The number of hydrogen-bond donors (Lipinski definition) is 3. The molecule has 3 N–H and O–H groups in total. The number of para-hydroxylation sites is 1. The van der Waals surface area contributed by atoms with Crippen LogP contribution < -0.4 is 10.1 Å². The van der Waals surface area contributed by atoms with Gasteiger partial charge in [-0.3, -0.25) is 34.7 Å². The Labute approximate surface area is 222 Å². The number of aliphatic hydroxyl groups excluding tert-OH is 1. The summed E-state index contributed by atoms with van der Waals surface area (Å²) in [5.41, 5.74) is -0.995. The molecule has 2 aliphatic rings. The average molecular weight is 532 g/mol. The highest BCUT2D eigenvalue weighted by atomic mass is 16.6. The highest BCUT2D eigenvalue weighted by Gasteiger charge is 2.68. The van der Waals surface area contributed by atoms with Gasteiger partial charge in [-0.1, -0.05) is 42.5 Å². The summed E-state index contributed by atoms with van der Waals surface area (Å²) >= 11 is 0. The van der Waals surface area contributed by atoms with Gasteiger partial charge in [-0.2, -0.15) is 0 Å². The Hall–Kier alpha value is -4.61. The van der Waals surface area contributed by atoms with E-state index in [0.717, 1.165) is 4.90 Å². The number of nitrogens with zero attached hydrogens (tertiary/aromatic N) is 2. The van der Waals surface area contributed by atoms with E-state index in [1.165, 1.54) is 24.3 Å². The largest absolute Gasteiger partial charge is 0.480 e. The van der Waals surface area contributed by atoms with Crippen molar-refractivity contribution in [1.82, 2.24) is 10.2 Å². The lowest BCUT2D eigenvalue weighted by molar-refractivity contribution is -0.384. The van der Waals surface area contributed by atoms with E-state index in [1.54, 1.807) is 36.4 Å². The molecule has 2 heterocycles. The van der Waals surface area contributed by atoms with E-state index in [0.29, 0.717) is 22.6 Å². The minimum Gasteiger partial charge on any atom is -0.480 e. The minimum absolute atomic E-state index is 0.155. The Morgan fingerprint density at radius 3 is 2.21 bits per heavy atom. The van der Waals surface area contributed by atoms with Crippen LogP contribution >= 0.6 is 0 Å². The van der Waals surface area contributed by atoms with Crippen LogP contribution in [0.3, 0.4) is 0 Å². The Bertz CT molecular complexity index is 1410. The van der Waals surface area contributed by atoms with Gasteiger partial charge in [0.2, 0.25) is 11.8 Å². The third-order valence-corrected chi connectivity index (χ3v) is 7.30. The van der Waals surface area contributed by atoms with Crippen molar-refractivity contribution in [1.29, 1.82) is 0 Å². The zero-order valence-electron chi connectivity index (χ0n) is 20.6. The summed E-state index contributed by atoms with van der Waals surface area (Å²) in [6.45, 7) is -0.697. The molecule has 11 heteroatoms. The van der Waals surface area contributed by atoms with Crippen LogP contribution in [0.15, 0.2) is 78.9 Å². The van der Waals surface area contributed by atoms with Crippen LogP contribution in [0, 0.1) is 22.0 Å². The number of benzene rings is 3. The highest BCUT2D eigenvalue weighted by Crippen LogP contribution is 2.50. The molecule has 0 saturated carbocycles. The number of carbonyl (C=O) groups is 3. The number of non-ortho nitro benzene ring substituents is 1. The summed E-state index contributed by atoms with van der Waals surface area (Å²) in [7, 11) is 0. The molecule has 0 spiro atoms. The maximum Gasteiger partial charge on any atom is 0.325 e. The SMILES string of the molecule is O=C1C2C(c3ccc(Oc4ccccc4)cc3)NC(Cc3ccc([N+](=O)[O-])cc3)(C(=O)O)C2C(=O)N1CCO. The monoisotopic (exact) mass is 531 g/mol. The van der Waals surface area contributed by atoms with E-state index in [4.69, 9.17) is 4.74 Å². The summed E-state index contributed by atoms with van der Waals surface area (Å²) in [5.74, 6) is -3.68. The fourth-order valence-electron chi connectivity index (χ4n) is 5.53. The zero-order valence-corrected chi connectivity index (χ0v) is 20.6. The molecule has 0 radical (unpaired) electrons. The number of nitro benzene ring substituents is 1. The Morgan fingerprint density at radius 1 is 0.974 bits per heavy atom. The van der Waals surface area contributed by atoms with E-state index in [1.807, 2.05) is 18.2 Å². The van der Waals surface area contributed by atoms with Gasteiger partial charge in [0.1, 0.15) is 17.0 Å². The van der Waals surface area contributed by atoms with Crippen LogP contribution in [0.4, 0.5) is 5.69 Å². The zero-order chi connectivity index (χ0) is 27.7. The highest BCUT2D eigenvalue weighted by molar-refractivity contribution is 6.09. The van der Waals surface area contributed by atoms with Crippen molar-refractivity contribution in [3.8, 4) is 11.5 Å². The molecule has 200 valence electrons. The van der Waals surface area contributed by atoms with Crippen LogP contribution in [-0.2, 0) is 20.8 Å². The molecule has 0 bridgehead atoms. The number of rotatable bonds is 9. The number of imide groups is 1. The van der Waals surface area contributed by atoms with Crippen LogP contribution in [0.5, 0.6) is 11.5 Å². The molecular formula is C28H25N3O8. The number of amides is 2. The molecule has 2 amide bonds. The van der Waals surface area contributed by atoms with Crippen molar-refractivity contribution in [3.63, 3.8) is 0 Å². The second-order valence-electron chi connectivity index (χ2n) is 9.54. The number of likely N-dealkylation sites (tertiary alicyclic amines) is 1. The summed E-state index contributed by atoms with van der Waals surface area (Å²) in [6.07, 6.45) is -0.195. The van der Waals surface area contributed by atoms with Crippen molar-refractivity contribution in [2.45, 2.75) is 18.0 Å². The maximum atomic E-state index is 13.5. The normalized spacial score (nSPS) is 24.0. The number of aliphatic carboxylic acids is 1. The molecule has 4 unspecified atom stereocenters. The molecule has 4 atom stereocenters. The smallest absolute Gasteiger partial charge is 0.325 e. The summed E-state index contributed by atoms with van der Waals surface area (Å²) < 4.78 is 5.83. The molecule has 5 rings (SSSR count). The standard InChI is InChI=1S/C28H25N3O8/c32-15-14-30-25(33)22-23(26(30)34)28(27(35)36,16-17-6-10-19(11-7-17)31(37)38)29-24(22)18-8-12-21(13-9-18)39-20-4-2-1-3-5-20/h1-13,22-24,29,32H,14-16H2,(H,35,36). The van der Waals surface area contributed by atoms with Gasteiger partial charge in [0.15, 0.2) is 0 Å². The van der Waals surface area contributed by atoms with Gasteiger partial charge in [-0.15, -0.1) is 0 Å². The van der Waals surface area contributed by atoms with Crippen molar-refractivity contribution in [2.24, 2.45) is 11.8 Å². The topological polar surface area (TPSA) is 159 Å². The first-order chi connectivity index (χ1) is 18.7. The van der Waals surface area contributed by atoms with Gasteiger partial charge >= 0.3 is 5.97 Å². The number of nitrogens with one attached hydrogen (secondary N) is 1. The van der Waals surface area contributed by atoms with Gasteiger partial charge < -0.3 is 14.9 Å². The molecular weight excluding hydrogens is 506 g/mol. The van der Waals surface area contributed by atoms with E-state index in [9.17, 15) is 34.7 Å². The lowest BCUT2D eigenvalue weighted by Gasteiger charge is -2.31. The third-order valence-electron chi connectivity index (χ3n) is 7.30. The van der Waals surface area contributed by atoms with Crippen LogP contribution in [0.2, 0.25) is 0 Å². The number of aliphatic hydroxyl groups is 1. The second-order valence-corrected chi connectivity index (χ2v) is 9.54. The number of β-amino-alcohol motifs (C(OH)–C–C–N with tert-alkyl or cyclic N) is 1.